The summed E-state index contributed by atoms with van der Waals surface area (Å²) in [6.45, 7) is 5.37. The van der Waals surface area contributed by atoms with Crippen LogP contribution in [0.5, 0.6) is 5.75 Å². The van der Waals surface area contributed by atoms with Gasteiger partial charge in [0.1, 0.15) is 17.4 Å². The van der Waals surface area contributed by atoms with Crippen molar-refractivity contribution < 1.29 is 14.3 Å². The normalized spacial score (nSPS) is 17.8. The molecule has 2 aliphatic rings. The van der Waals surface area contributed by atoms with E-state index in [4.69, 9.17) is 21.1 Å². The molecule has 36 heavy (non-hydrogen) atoms. The van der Waals surface area contributed by atoms with Crippen molar-refractivity contribution in [1.82, 2.24) is 19.7 Å². The van der Waals surface area contributed by atoms with E-state index in [9.17, 15) is 9.59 Å². The van der Waals surface area contributed by atoms with Gasteiger partial charge in [-0.1, -0.05) is 23.7 Å². The summed E-state index contributed by atoms with van der Waals surface area (Å²) in [5, 5.41) is 4.04. The van der Waals surface area contributed by atoms with Crippen LogP contribution in [-0.2, 0) is 24.4 Å². The van der Waals surface area contributed by atoms with E-state index in [1.54, 1.807) is 18.3 Å². The van der Waals surface area contributed by atoms with Gasteiger partial charge < -0.3 is 24.3 Å². The standard InChI is InChI=1S/C27H31ClN4O4/c1-30(2)15-21-16-32-17-23(27(34)29-13-18-3-5-20(28)6-4-18)26(33)22-11-19(12-24(36-21)25(22)32)14-31-7-9-35-10-8-31/h3-6,11-12,17,21H,7-10,13-16H2,1-2H3,(H,29,34). The van der Waals surface area contributed by atoms with Crippen molar-refractivity contribution in [3.8, 4) is 5.75 Å². The molecule has 1 amide bonds. The van der Waals surface area contributed by atoms with Gasteiger partial charge in [0.05, 0.1) is 30.7 Å². The number of carbonyl (C=O) groups excluding carboxylic acids is 1. The van der Waals surface area contributed by atoms with Gasteiger partial charge in [0.25, 0.3) is 5.91 Å². The van der Waals surface area contributed by atoms with Crippen molar-refractivity contribution in [3.63, 3.8) is 0 Å². The molecule has 8 nitrogen and oxygen atoms in total. The van der Waals surface area contributed by atoms with Gasteiger partial charge in [-0.15, -0.1) is 0 Å². The maximum Gasteiger partial charge on any atom is 0.257 e. The minimum Gasteiger partial charge on any atom is -0.485 e. The number of amides is 1. The number of nitrogens with one attached hydrogen (secondary N) is 1. The number of morpholine rings is 1. The summed E-state index contributed by atoms with van der Waals surface area (Å²) >= 11 is 5.96. The van der Waals surface area contributed by atoms with Gasteiger partial charge in [-0.2, -0.15) is 0 Å². The molecule has 1 aromatic heterocycles. The Morgan fingerprint density at radius 1 is 1.14 bits per heavy atom. The summed E-state index contributed by atoms with van der Waals surface area (Å²) in [6, 6.07) is 11.2. The third kappa shape index (κ3) is 5.42. The molecule has 0 aliphatic carbocycles. The highest BCUT2D eigenvalue weighted by Gasteiger charge is 2.26. The number of nitrogens with zero attached hydrogens (tertiary/aromatic N) is 3. The van der Waals surface area contributed by atoms with E-state index in [0.29, 0.717) is 49.0 Å². The van der Waals surface area contributed by atoms with Gasteiger partial charge >= 0.3 is 0 Å². The van der Waals surface area contributed by atoms with Crippen LogP contribution in [-0.4, -0.2) is 73.3 Å². The fourth-order valence-electron chi connectivity index (χ4n) is 4.88. The topological polar surface area (TPSA) is 76.0 Å². The number of aromatic nitrogens is 1. The first-order chi connectivity index (χ1) is 17.4. The highest BCUT2D eigenvalue weighted by molar-refractivity contribution is 6.30. The number of hydrogen-bond donors (Lipinski definition) is 1. The van der Waals surface area contributed by atoms with Crippen molar-refractivity contribution >= 4 is 28.4 Å². The van der Waals surface area contributed by atoms with Crippen molar-refractivity contribution in [2.24, 2.45) is 0 Å². The Labute approximate surface area is 215 Å². The molecule has 190 valence electrons. The first-order valence-electron chi connectivity index (χ1n) is 12.2. The largest absolute Gasteiger partial charge is 0.485 e. The minimum absolute atomic E-state index is 0.0955. The zero-order chi connectivity index (χ0) is 25.2. The predicted octanol–water partition coefficient (Wildman–Crippen LogP) is 2.74. The molecule has 0 saturated carbocycles. The molecule has 2 aromatic carbocycles. The summed E-state index contributed by atoms with van der Waals surface area (Å²) in [5.74, 6) is 0.301. The molecule has 2 aliphatic heterocycles. The summed E-state index contributed by atoms with van der Waals surface area (Å²) in [5.41, 5.74) is 2.50. The second-order valence-corrected chi connectivity index (χ2v) is 10.2. The number of benzene rings is 2. The molecule has 1 atom stereocenters. The lowest BCUT2D eigenvalue weighted by atomic mass is 10.0. The maximum absolute atomic E-state index is 13.6. The SMILES string of the molecule is CN(C)CC1Cn2cc(C(=O)NCc3ccc(Cl)cc3)c(=O)c3cc(CN4CCOCC4)cc(c32)O1. The highest BCUT2D eigenvalue weighted by Crippen LogP contribution is 2.32. The third-order valence-electron chi connectivity index (χ3n) is 6.58. The smallest absolute Gasteiger partial charge is 0.257 e. The van der Waals surface area contributed by atoms with Gasteiger partial charge in [-0.3, -0.25) is 14.5 Å². The van der Waals surface area contributed by atoms with Gasteiger partial charge in [0, 0.05) is 43.9 Å². The highest BCUT2D eigenvalue weighted by atomic mass is 35.5. The van der Waals surface area contributed by atoms with Crippen LogP contribution in [0.15, 0.2) is 47.4 Å². The Morgan fingerprint density at radius 2 is 1.89 bits per heavy atom. The molecular weight excluding hydrogens is 480 g/mol. The van der Waals surface area contributed by atoms with Crippen molar-refractivity contribution in [3.05, 3.63) is 74.5 Å². The monoisotopic (exact) mass is 510 g/mol. The van der Waals surface area contributed by atoms with E-state index >= 15 is 0 Å². The quantitative estimate of drug-likeness (QED) is 0.527. The summed E-state index contributed by atoms with van der Waals surface area (Å²) < 4.78 is 13.8. The molecule has 9 heteroatoms. The second kappa shape index (κ2) is 10.6. The Morgan fingerprint density at radius 3 is 2.61 bits per heavy atom. The average Bonchev–Trinajstić information content (AvgIpc) is 2.85. The molecule has 0 radical (unpaired) electrons. The zero-order valence-corrected chi connectivity index (χ0v) is 21.4. The number of carbonyl (C=O) groups is 1. The number of rotatable bonds is 7. The fraction of sp³-hybridized carbons (Fsp3) is 0.407. The van der Waals surface area contributed by atoms with E-state index in [-0.39, 0.29) is 17.1 Å². The Bertz CT molecular complexity index is 1320. The fourth-order valence-corrected chi connectivity index (χ4v) is 5.01. The van der Waals surface area contributed by atoms with Gasteiger partial charge in [0.2, 0.25) is 5.43 Å². The molecule has 3 aromatic rings. The average molecular weight is 511 g/mol. The number of ether oxygens (including phenoxy) is 2. The number of pyridine rings is 1. The zero-order valence-electron chi connectivity index (χ0n) is 20.6. The Balaban J connectivity index is 1.50. The third-order valence-corrected chi connectivity index (χ3v) is 6.83. The van der Waals surface area contributed by atoms with Gasteiger partial charge in [0.15, 0.2) is 0 Å². The van der Waals surface area contributed by atoms with Crippen LogP contribution >= 0.6 is 11.6 Å². The number of hydrogen-bond acceptors (Lipinski definition) is 6. The van der Waals surface area contributed by atoms with E-state index < -0.39 is 5.91 Å². The lowest BCUT2D eigenvalue weighted by Crippen LogP contribution is -2.39. The van der Waals surface area contributed by atoms with Gasteiger partial charge in [-0.05, 0) is 49.5 Å². The van der Waals surface area contributed by atoms with E-state index in [1.807, 2.05) is 42.9 Å². The van der Waals surface area contributed by atoms with Crippen LogP contribution in [0.25, 0.3) is 10.9 Å². The molecule has 0 bridgehead atoms. The molecule has 1 N–H and O–H groups in total. The van der Waals surface area contributed by atoms with Crippen molar-refractivity contribution in [2.75, 3.05) is 46.9 Å². The summed E-state index contributed by atoms with van der Waals surface area (Å²) in [6.07, 6.45) is 1.58. The van der Waals surface area contributed by atoms with Crippen LogP contribution in [0.1, 0.15) is 21.5 Å². The first kappa shape index (κ1) is 24.8. The first-order valence-corrected chi connectivity index (χ1v) is 12.6. The molecule has 1 saturated heterocycles. The van der Waals surface area contributed by atoms with E-state index in [2.05, 4.69) is 15.1 Å². The maximum atomic E-state index is 13.6. The lowest BCUT2D eigenvalue weighted by Gasteiger charge is -2.31. The van der Waals surface area contributed by atoms with Crippen LogP contribution in [0.3, 0.4) is 0 Å². The molecule has 1 fully saturated rings. The van der Waals surface area contributed by atoms with E-state index in [1.165, 1.54) is 0 Å². The van der Waals surface area contributed by atoms with Crippen LogP contribution in [0, 0.1) is 0 Å². The molecule has 3 heterocycles. The molecule has 5 rings (SSSR count). The van der Waals surface area contributed by atoms with Crippen molar-refractivity contribution in [1.29, 1.82) is 0 Å². The second-order valence-electron chi connectivity index (χ2n) is 9.71. The summed E-state index contributed by atoms with van der Waals surface area (Å²) in [7, 11) is 4.01. The Hall–Kier alpha value is -2.91. The lowest BCUT2D eigenvalue weighted by molar-refractivity contribution is 0.0341. The van der Waals surface area contributed by atoms with E-state index in [0.717, 1.165) is 36.3 Å². The minimum atomic E-state index is -0.392. The Kier molecular flexibility index (Phi) is 7.29. The van der Waals surface area contributed by atoms with Crippen LogP contribution in [0.2, 0.25) is 5.02 Å². The molecule has 0 spiro atoms. The molecule has 1 unspecified atom stereocenters. The van der Waals surface area contributed by atoms with Crippen LogP contribution in [0.4, 0.5) is 0 Å². The van der Waals surface area contributed by atoms with Gasteiger partial charge in [-0.25, -0.2) is 0 Å². The summed E-state index contributed by atoms with van der Waals surface area (Å²) in [4.78, 5) is 31.1. The number of halogens is 1. The number of likely N-dealkylation sites (N-methyl/N-ethyl adjacent to an activating group) is 1. The van der Waals surface area contributed by atoms with Crippen molar-refractivity contribution in [2.45, 2.75) is 25.7 Å². The van der Waals surface area contributed by atoms with Crippen LogP contribution < -0.4 is 15.5 Å². The molecular formula is C27H31ClN4O4. The predicted molar refractivity (Wildman–Crippen MR) is 140 cm³/mol.